The van der Waals surface area contributed by atoms with Crippen LogP contribution in [-0.2, 0) is 0 Å². The summed E-state index contributed by atoms with van der Waals surface area (Å²) in [4.78, 5) is 7.13. The minimum Gasteiger partial charge on any atom is -0.369 e. The zero-order valence-corrected chi connectivity index (χ0v) is 16.8. The van der Waals surface area contributed by atoms with E-state index in [-0.39, 0.29) is 24.0 Å². The van der Waals surface area contributed by atoms with Crippen LogP contribution in [0.4, 0.5) is 5.69 Å². The highest BCUT2D eigenvalue weighted by molar-refractivity contribution is 14.0. The molecular formula is C18H31IN4. The van der Waals surface area contributed by atoms with E-state index in [1.807, 2.05) is 0 Å². The number of hydrogen-bond acceptors (Lipinski definition) is 2. The molecule has 2 rings (SSSR count). The van der Waals surface area contributed by atoms with Gasteiger partial charge in [-0.2, -0.15) is 0 Å². The van der Waals surface area contributed by atoms with E-state index in [9.17, 15) is 0 Å². The number of hydrogen-bond donors (Lipinski definition) is 2. The van der Waals surface area contributed by atoms with Crippen molar-refractivity contribution in [3.05, 3.63) is 30.3 Å². The van der Waals surface area contributed by atoms with Gasteiger partial charge in [-0.1, -0.05) is 38.0 Å². The van der Waals surface area contributed by atoms with Gasteiger partial charge in [0, 0.05) is 37.9 Å². The van der Waals surface area contributed by atoms with Crippen molar-refractivity contribution in [2.45, 2.75) is 45.6 Å². The summed E-state index contributed by atoms with van der Waals surface area (Å²) in [6.45, 7) is 8.32. The van der Waals surface area contributed by atoms with Crippen LogP contribution in [-0.4, -0.2) is 38.2 Å². The molecule has 5 heteroatoms. The minimum absolute atomic E-state index is 0. The lowest BCUT2D eigenvalue weighted by molar-refractivity contribution is 0.644. The fourth-order valence-corrected chi connectivity index (χ4v) is 2.82. The fourth-order valence-electron chi connectivity index (χ4n) is 2.82. The molecule has 0 aromatic heterocycles. The van der Waals surface area contributed by atoms with E-state index < -0.39 is 0 Å². The molecule has 0 spiro atoms. The molecule has 1 aromatic carbocycles. The lowest BCUT2D eigenvalue weighted by Gasteiger charge is -2.20. The van der Waals surface area contributed by atoms with Crippen molar-refractivity contribution in [1.82, 2.24) is 10.6 Å². The average Bonchev–Trinajstić information content (AvgIpc) is 3.01. The Labute approximate surface area is 158 Å². The van der Waals surface area contributed by atoms with Crippen molar-refractivity contribution in [3.8, 4) is 0 Å². The van der Waals surface area contributed by atoms with Crippen LogP contribution in [0, 0.1) is 0 Å². The Morgan fingerprint density at radius 1 is 1.22 bits per heavy atom. The molecule has 1 unspecified atom stereocenters. The monoisotopic (exact) mass is 430 g/mol. The fraction of sp³-hybridized carbons (Fsp3) is 0.611. The highest BCUT2D eigenvalue weighted by Crippen LogP contribution is 2.19. The molecular weight excluding hydrogens is 399 g/mol. The van der Waals surface area contributed by atoms with Gasteiger partial charge in [0.15, 0.2) is 5.96 Å². The number of nitrogens with zero attached hydrogens (tertiary/aromatic N) is 2. The Morgan fingerprint density at radius 2 is 2.00 bits per heavy atom. The Hall–Kier alpha value is -0.980. The normalized spacial score (nSPS) is 17.7. The predicted octanol–water partition coefficient (Wildman–Crippen LogP) is 3.63. The third kappa shape index (κ3) is 6.97. The second-order valence-corrected chi connectivity index (χ2v) is 5.88. The van der Waals surface area contributed by atoms with Crippen LogP contribution in [0.3, 0.4) is 0 Å². The highest BCUT2D eigenvalue weighted by atomic mass is 127. The number of rotatable bonds is 7. The number of guanidine groups is 1. The zero-order chi connectivity index (χ0) is 15.6. The van der Waals surface area contributed by atoms with E-state index in [1.165, 1.54) is 24.9 Å². The third-order valence-corrected chi connectivity index (χ3v) is 4.03. The van der Waals surface area contributed by atoms with Gasteiger partial charge in [0.1, 0.15) is 0 Å². The average molecular weight is 430 g/mol. The molecule has 23 heavy (non-hydrogen) atoms. The number of anilines is 1. The van der Waals surface area contributed by atoms with Gasteiger partial charge in [0.05, 0.1) is 0 Å². The van der Waals surface area contributed by atoms with Crippen LogP contribution in [0.25, 0.3) is 0 Å². The molecule has 0 radical (unpaired) electrons. The second-order valence-electron chi connectivity index (χ2n) is 5.88. The van der Waals surface area contributed by atoms with Crippen molar-refractivity contribution in [1.29, 1.82) is 0 Å². The Kier molecular flexibility index (Phi) is 10.1. The summed E-state index contributed by atoms with van der Waals surface area (Å²) in [5.41, 5.74) is 1.32. The summed E-state index contributed by atoms with van der Waals surface area (Å²) in [5.74, 6) is 0.971. The Bertz CT molecular complexity index is 450. The third-order valence-electron chi connectivity index (χ3n) is 4.03. The lowest BCUT2D eigenvalue weighted by atomic mass is 10.2. The van der Waals surface area contributed by atoms with E-state index in [1.54, 1.807) is 0 Å². The van der Waals surface area contributed by atoms with Crippen molar-refractivity contribution < 1.29 is 0 Å². The molecule has 0 amide bonds. The molecule has 130 valence electrons. The van der Waals surface area contributed by atoms with E-state index >= 15 is 0 Å². The van der Waals surface area contributed by atoms with Gasteiger partial charge in [-0.3, -0.25) is 4.99 Å². The standard InChI is InChI=1S/C18H30N4.HI/c1-3-5-9-13-20-18(19-4-2)21-16-12-14-22(15-16)17-10-7-6-8-11-17;/h6-8,10-11,16H,3-5,9,12-15H2,1-2H3,(H2,19,20,21);1H. The maximum Gasteiger partial charge on any atom is 0.191 e. The molecule has 1 atom stereocenters. The van der Waals surface area contributed by atoms with Crippen LogP contribution in [0.2, 0.25) is 0 Å². The summed E-state index contributed by atoms with van der Waals surface area (Å²) in [7, 11) is 0. The van der Waals surface area contributed by atoms with Crippen molar-refractivity contribution in [2.24, 2.45) is 4.99 Å². The van der Waals surface area contributed by atoms with Gasteiger partial charge >= 0.3 is 0 Å². The summed E-state index contributed by atoms with van der Waals surface area (Å²) in [6, 6.07) is 11.1. The van der Waals surface area contributed by atoms with Gasteiger partial charge in [-0.05, 0) is 31.9 Å². The van der Waals surface area contributed by atoms with Crippen LogP contribution in [0.15, 0.2) is 35.3 Å². The lowest BCUT2D eigenvalue weighted by Crippen LogP contribution is -2.44. The number of unbranched alkanes of at least 4 members (excludes halogenated alkanes) is 2. The van der Waals surface area contributed by atoms with Gasteiger partial charge in [-0.25, -0.2) is 0 Å². The summed E-state index contributed by atoms with van der Waals surface area (Å²) < 4.78 is 0. The molecule has 0 bridgehead atoms. The topological polar surface area (TPSA) is 39.7 Å². The molecule has 1 aliphatic rings. The molecule has 1 aromatic rings. The van der Waals surface area contributed by atoms with Crippen LogP contribution in [0.5, 0.6) is 0 Å². The van der Waals surface area contributed by atoms with Crippen molar-refractivity contribution in [3.63, 3.8) is 0 Å². The number of nitrogens with one attached hydrogen (secondary N) is 2. The molecule has 0 aliphatic carbocycles. The summed E-state index contributed by atoms with van der Waals surface area (Å²) in [6.07, 6.45) is 4.84. The predicted molar refractivity (Wildman–Crippen MR) is 111 cm³/mol. The Balaban J connectivity index is 0.00000264. The molecule has 1 aliphatic heterocycles. The number of para-hydroxylation sites is 1. The second kappa shape index (κ2) is 11.5. The van der Waals surface area contributed by atoms with Crippen LogP contribution >= 0.6 is 24.0 Å². The quantitative estimate of drug-likeness (QED) is 0.301. The van der Waals surface area contributed by atoms with E-state index in [4.69, 9.17) is 0 Å². The molecule has 2 N–H and O–H groups in total. The molecule has 1 heterocycles. The van der Waals surface area contributed by atoms with Crippen molar-refractivity contribution >= 4 is 35.6 Å². The van der Waals surface area contributed by atoms with E-state index in [0.717, 1.165) is 38.6 Å². The maximum atomic E-state index is 4.69. The minimum atomic E-state index is 0. The molecule has 0 saturated carbocycles. The summed E-state index contributed by atoms with van der Waals surface area (Å²) >= 11 is 0. The first kappa shape index (κ1) is 20.1. The van der Waals surface area contributed by atoms with Gasteiger partial charge in [0.25, 0.3) is 0 Å². The highest BCUT2D eigenvalue weighted by Gasteiger charge is 2.23. The number of benzene rings is 1. The molecule has 1 fully saturated rings. The summed E-state index contributed by atoms with van der Waals surface area (Å²) in [5, 5.41) is 6.95. The largest absolute Gasteiger partial charge is 0.369 e. The van der Waals surface area contributed by atoms with Crippen LogP contribution in [0.1, 0.15) is 39.5 Å². The number of aliphatic imine (C=N–C) groups is 1. The first-order chi connectivity index (χ1) is 10.8. The van der Waals surface area contributed by atoms with E-state index in [0.29, 0.717) is 6.04 Å². The molecule has 4 nitrogen and oxygen atoms in total. The SMILES string of the molecule is CCCCCN=C(NCC)NC1CCN(c2ccccc2)C1.I. The van der Waals surface area contributed by atoms with Crippen molar-refractivity contribution in [2.75, 3.05) is 31.1 Å². The van der Waals surface area contributed by atoms with Crippen LogP contribution < -0.4 is 15.5 Å². The molecule has 1 saturated heterocycles. The number of halogens is 1. The van der Waals surface area contributed by atoms with E-state index in [2.05, 4.69) is 64.7 Å². The van der Waals surface area contributed by atoms with Gasteiger partial charge in [0.2, 0.25) is 0 Å². The first-order valence-corrected chi connectivity index (χ1v) is 8.68. The van der Waals surface area contributed by atoms with Gasteiger partial charge in [-0.15, -0.1) is 24.0 Å². The first-order valence-electron chi connectivity index (χ1n) is 8.68. The smallest absolute Gasteiger partial charge is 0.191 e. The Morgan fingerprint density at radius 3 is 2.70 bits per heavy atom. The van der Waals surface area contributed by atoms with Gasteiger partial charge < -0.3 is 15.5 Å². The zero-order valence-electron chi connectivity index (χ0n) is 14.4. The maximum absolute atomic E-state index is 4.69.